The molecular weight excluding hydrogens is 174 g/mol. The minimum Gasteiger partial charge on any atom is -0.481 e. The monoisotopic (exact) mass is 185 g/mol. The Hall–Kier alpha value is -0.900. The second-order valence-corrected chi connectivity index (χ2v) is 3.60. The number of rotatable bonds is 4. The van der Waals surface area contributed by atoms with Crippen LogP contribution in [0, 0.1) is 0 Å². The molecule has 1 aliphatic rings. The van der Waals surface area contributed by atoms with Crippen LogP contribution in [-0.2, 0) is 4.79 Å². The van der Waals surface area contributed by atoms with Crippen LogP contribution in [0.5, 0.6) is 0 Å². The predicted octanol–water partition coefficient (Wildman–Crippen LogP) is 1.19. The molecule has 0 bridgehead atoms. The molecule has 2 N–H and O–H groups in total. The van der Waals surface area contributed by atoms with Crippen molar-refractivity contribution < 1.29 is 9.90 Å². The maximum atomic E-state index is 10.2. The van der Waals surface area contributed by atoms with E-state index in [1.807, 2.05) is 24.4 Å². The Kier molecular flexibility index (Phi) is 3.73. The topological polar surface area (TPSA) is 49.3 Å². The van der Waals surface area contributed by atoms with Crippen molar-refractivity contribution in [2.45, 2.75) is 11.8 Å². The maximum Gasteiger partial charge on any atom is 0.304 e. The highest BCUT2D eigenvalue weighted by Gasteiger charge is 2.05. The predicted molar refractivity (Wildman–Crippen MR) is 49.9 cm³/mol. The van der Waals surface area contributed by atoms with E-state index in [1.54, 1.807) is 11.8 Å². The summed E-state index contributed by atoms with van der Waals surface area (Å²) in [6.07, 6.45) is 7.95. The zero-order valence-corrected chi connectivity index (χ0v) is 7.38. The Balaban J connectivity index is 2.11. The lowest BCUT2D eigenvalue weighted by molar-refractivity contribution is -0.136. The van der Waals surface area contributed by atoms with Crippen molar-refractivity contribution in [1.82, 2.24) is 5.32 Å². The van der Waals surface area contributed by atoms with Gasteiger partial charge in [0.2, 0.25) is 0 Å². The molecule has 0 aromatic carbocycles. The summed E-state index contributed by atoms with van der Waals surface area (Å²) in [5.41, 5.74) is 0. The normalized spacial score (nSPS) is 20.5. The summed E-state index contributed by atoms with van der Waals surface area (Å²) in [6.45, 7) is 0. The van der Waals surface area contributed by atoms with E-state index in [9.17, 15) is 4.79 Å². The smallest absolute Gasteiger partial charge is 0.304 e. The van der Waals surface area contributed by atoms with Gasteiger partial charge in [-0.05, 0) is 12.3 Å². The Bertz CT molecular complexity index is 213. The molecule has 66 valence electrons. The average Bonchev–Trinajstić information content (AvgIpc) is 2.05. The molecule has 1 atom stereocenters. The van der Waals surface area contributed by atoms with E-state index in [1.165, 1.54) is 0 Å². The van der Waals surface area contributed by atoms with Gasteiger partial charge in [0.1, 0.15) is 0 Å². The first-order chi connectivity index (χ1) is 5.79. The van der Waals surface area contributed by atoms with Gasteiger partial charge >= 0.3 is 5.97 Å². The number of hydrogen-bond donors (Lipinski definition) is 2. The second-order valence-electron chi connectivity index (χ2n) is 2.35. The SMILES string of the molecule is O=C(O)CCSC1C=CC=CN1. The van der Waals surface area contributed by atoms with Crippen LogP contribution in [0.3, 0.4) is 0 Å². The Morgan fingerprint density at radius 1 is 1.58 bits per heavy atom. The van der Waals surface area contributed by atoms with E-state index in [4.69, 9.17) is 5.11 Å². The molecule has 0 saturated carbocycles. The number of thioether (sulfide) groups is 1. The van der Waals surface area contributed by atoms with Crippen LogP contribution in [0.1, 0.15) is 6.42 Å². The summed E-state index contributed by atoms with van der Waals surface area (Å²) in [6, 6.07) is 0. The molecule has 0 spiro atoms. The third-order valence-corrected chi connectivity index (χ3v) is 2.46. The fourth-order valence-corrected chi connectivity index (χ4v) is 1.73. The third-order valence-electron chi connectivity index (χ3n) is 1.37. The number of carbonyl (C=O) groups is 1. The van der Waals surface area contributed by atoms with E-state index in [0.717, 1.165) is 0 Å². The van der Waals surface area contributed by atoms with E-state index in [2.05, 4.69) is 5.32 Å². The molecule has 1 rings (SSSR count). The molecular formula is C8H11NO2S. The minimum absolute atomic E-state index is 0.223. The molecule has 1 heterocycles. The summed E-state index contributed by atoms with van der Waals surface area (Å²) in [4.78, 5) is 10.2. The lowest BCUT2D eigenvalue weighted by Crippen LogP contribution is -2.20. The molecule has 1 aliphatic heterocycles. The van der Waals surface area contributed by atoms with Gasteiger partial charge in [-0.2, -0.15) is 0 Å². The third kappa shape index (κ3) is 3.48. The first-order valence-corrected chi connectivity index (χ1v) is 4.77. The molecule has 12 heavy (non-hydrogen) atoms. The largest absolute Gasteiger partial charge is 0.481 e. The molecule has 4 heteroatoms. The number of carboxylic acids is 1. The van der Waals surface area contributed by atoms with Crippen molar-refractivity contribution in [3.63, 3.8) is 0 Å². The summed E-state index contributed by atoms with van der Waals surface area (Å²) in [5, 5.41) is 11.7. The van der Waals surface area contributed by atoms with Gasteiger partial charge in [-0.1, -0.05) is 12.2 Å². The fourth-order valence-electron chi connectivity index (χ4n) is 0.803. The second kappa shape index (κ2) is 4.87. The van der Waals surface area contributed by atoms with Crippen molar-refractivity contribution >= 4 is 17.7 Å². The Morgan fingerprint density at radius 2 is 2.42 bits per heavy atom. The summed E-state index contributed by atoms with van der Waals surface area (Å²) >= 11 is 1.60. The van der Waals surface area contributed by atoms with E-state index >= 15 is 0 Å². The number of dihydropyridines is 1. The fraction of sp³-hybridized carbons (Fsp3) is 0.375. The van der Waals surface area contributed by atoms with Gasteiger partial charge in [0.05, 0.1) is 11.8 Å². The highest BCUT2D eigenvalue weighted by Crippen LogP contribution is 2.12. The van der Waals surface area contributed by atoms with Crippen molar-refractivity contribution in [1.29, 1.82) is 0 Å². The molecule has 0 amide bonds. The molecule has 3 nitrogen and oxygen atoms in total. The summed E-state index contributed by atoms with van der Waals surface area (Å²) in [7, 11) is 0. The zero-order valence-electron chi connectivity index (χ0n) is 6.56. The molecule has 0 aromatic heterocycles. The molecule has 0 radical (unpaired) electrons. The van der Waals surface area contributed by atoms with Gasteiger partial charge in [-0.15, -0.1) is 11.8 Å². The van der Waals surface area contributed by atoms with E-state index in [-0.39, 0.29) is 11.8 Å². The summed E-state index contributed by atoms with van der Waals surface area (Å²) < 4.78 is 0. The maximum absolute atomic E-state index is 10.2. The first-order valence-electron chi connectivity index (χ1n) is 3.72. The van der Waals surface area contributed by atoms with Gasteiger partial charge in [-0.3, -0.25) is 4.79 Å². The standard InChI is InChI=1S/C8H11NO2S/c10-8(11)4-6-12-7-3-1-2-5-9-7/h1-3,5,7,9H,4,6H2,(H,10,11). The first kappa shape index (κ1) is 9.19. The number of hydrogen-bond acceptors (Lipinski definition) is 3. The molecule has 1 unspecified atom stereocenters. The van der Waals surface area contributed by atoms with Crippen LogP contribution < -0.4 is 5.32 Å². The van der Waals surface area contributed by atoms with Crippen LogP contribution in [-0.4, -0.2) is 22.2 Å². The van der Waals surface area contributed by atoms with Crippen molar-refractivity contribution in [3.05, 3.63) is 24.4 Å². The van der Waals surface area contributed by atoms with E-state index < -0.39 is 5.97 Å². The van der Waals surface area contributed by atoms with Gasteiger partial charge < -0.3 is 10.4 Å². The minimum atomic E-state index is -0.738. The highest BCUT2D eigenvalue weighted by atomic mass is 32.2. The van der Waals surface area contributed by atoms with Crippen LogP contribution in [0.4, 0.5) is 0 Å². The van der Waals surface area contributed by atoms with Crippen LogP contribution in [0.15, 0.2) is 24.4 Å². The quantitative estimate of drug-likeness (QED) is 0.690. The summed E-state index contributed by atoms with van der Waals surface area (Å²) in [5.74, 6) is -0.0941. The number of carboxylic acid groups (broad SMARTS) is 1. The number of nitrogens with one attached hydrogen (secondary N) is 1. The highest BCUT2D eigenvalue weighted by molar-refractivity contribution is 8.00. The van der Waals surface area contributed by atoms with Crippen LogP contribution in [0.2, 0.25) is 0 Å². The Labute approximate surface area is 75.5 Å². The lowest BCUT2D eigenvalue weighted by Gasteiger charge is -2.13. The number of aliphatic carboxylic acids is 1. The molecule has 0 aromatic rings. The van der Waals surface area contributed by atoms with Crippen molar-refractivity contribution in [2.24, 2.45) is 0 Å². The van der Waals surface area contributed by atoms with Crippen molar-refractivity contribution in [3.8, 4) is 0 Å². The number of allylic oxidation sites excluding steroid dienone is 2. The van der Waals surface area contributed by atoms with Gasteiger partial charge in [0.25, 0.3) is 0 Å². The molecule has 0 fully saturated rings. The van der Waals surface area contributed by atoms with Crippen molar-refractivity contribution in [2.75, 3.05) is 5.75 Å². The van der Waals surface area contributed by atoms with Gasteiger partial charge in [-0.25, -0.2) is 0 Å². The zero-order chi connectivity index (χ0) is 8.81. The van der Waals surface area contributed by atoms with Crippen LogP contribution in [0.25, 0.3) is 0 Å². The van der Waals surface area contributed by atoms with Gasteiger partial charge in [0.15, 0.2) is 0 Å². The lowest BCUT2D eigenvalue weighted by atomic mass is 10.4. The van der Waals surface area contributed by atoms with Gasteiger partial charge in [0, 0.05) is 5.75 Å². The molecule has 0 aliphatic carbocycles. The molecule has 0 saturated heterocycles. The Morgan fingerprint density at radius 3 is 3.00 bits per heavy atom. The average molecular weight is 185 g/mol. The van der Waals surface area contributed by atoms with Crippen LogP contribution >= 0.6 is 11.8 Å². The van der Waals surface area contributed by atoms with E-state index in [0.29, 0.717) is 5.75 Å².